The van der Waals surface area contributed by atoms with Gasteiger partial charge in [0.2, 0.25) is 0 Å². The first-order valence-electron chi connectivity index (χ1n) is 6.03. The van der Waals surface area contributed by atoms with Crippen molar-refractivity contribution in [1.29, 1.82) is 0 Å². The molecule has 0 aliphatic rings. The molecule has 0 fully saturated rings. The monoisotopic (exact) mass is 373 g/mol. The maximum absolute atomic E-state index is 5.95. The third-order valence-electron chi connectivity index (χ3n) is 2.47. The Hall–Kier alpha value is -0.990. The molecule has 1 aromatic heterocycles. The Kier molecular flexibility index (Phi) is 4.89. The van der Waals surface area contributed by atoms with Gasteiger partial charge in [0, 0.05) is 9.13 Å². The van der Waals surface area contributed by atoms with Gasteiger partial charge in [0.25, 0.3) is 5.89 Å². The fourth-order valence-corrected chi connectivity index (χ4v) is 1.83. The first kappa shape index (κ1) is 14.4. The highest BCUT2D eigenvalue weighted by atomic mass is 127. The molecule has 5 nitrogen and oxygen atoms in total. The van der Waals surface area contributed by atoms with E-state index in [0.717, 1.165) is 9.13 Å². The quantitative estimate of drug-likeness (QED) is 0.816. The lowest BCUT2D eigenvalue weighted by Crippen LogP contribution is -2.20. The van der Waals surface area contributed by atoms with Gasteiger partial charge in [-0.1, -0.05) is 5.16 Å². The Labute approximate surface area is 125 Å². The largest absolute Gasteiger partial charge is 0.377 e. The van der Waals surface area contributed by atoms with Crippen LogP contribution in [-0.4, -0.2) is 22.9 Å². The highest BCUT2D eigenvalue weighted by molar-refractivity contribution is 14.1. The fourth-order valence-electron chi connectivity index (χ4n) is 1.47. The van der Waals surface area contributed by atoms with Gasteiger partial charge in [-0.2, -0.15) is 4.98 Å². The molecule has 0 saturated carbocycles. The number of halogens is 1. The van der Waals surface area contributed by atoms with E-state index in [1.54, 1.807) is 0 Å². The molecule has 19 heavy (non-hydrogen) atoms. The van der Waals surface area contributed by atoms with Crippen molar-refractivity contribution in [3.63, 3.8) is 0 Å². The molecule has 0 amide bonds. The van der Waals surface area contributed by atoms with E-state index >= 15 is 0 Å². The molecule has 0 saturated heterocycles. The normalized spacial score (nSPS) is 12.9. The summed E-state index contributed by atoms with van der Waals surface area (Å²) >= 11 is 2.25. The Balaban J connectivity index is 2.08. The number of rotatable bonds is 5. The molecule has 0 bridgehead atoms. The van der Waals surface area contributed by atoms with Crippen molar-refractivity contribution in [2.24, 2.45) is 5.73 Å². The highest BCUT2D eigenvalue weighted by Crippen LogP contribution is 2.20. The predicted molar refractivity (Wildman–Crippen MR) is 80.5 cm³/mol. The van der Waals surface area contributed by atoms with Crippen molar-refractivity contribution in [3.8, 4) is 11.5 Å². The van der Waals surface area contributed by atoms with Gasteiger partial charge < -0.3 is 15.0 Å². The van der Waals surface area contributed by atoms with E-state index in [2.05, 4.69) is 32.7 Å². The SMILES string of the molecule is CC(C)OCC(N)c1noc(-c2ccc(I)cc2)n1. The molecule has 6 heteroatoms. The first-order chi connectivity index (χ1) is 9.06. The second kappa shape index (κ2) is 6.44. The zero-order valence-electron chi connectivity index (χ0n) is 10.8. The number of hydrogen-bond acceptors (Lipinski definition) is 5. The Morgan fingerprint density at radius 3 is 2.63 bits per heavy atom. The molecule has 0 aliphatic carbocycles. The molecular weight excluding hydrogens is 357 g/mol. The molecule has 1 aromatic carbocycles. The van der Waals surface area contributed by atoms with Crippen molar-refractivity contribution < 1.29 is 9.26 Å². The third kappa shape index (κ3) is 3.99. The average molecular weight is 373 g/mol. The van der Waals surface area contributed by atoms with Crippen LogP contribution in [0.4, 0.5) is 0 Å². The van der Waals surface area contributed by atoms with Crippen LogP contribution < -0.4 is 5.73 Å². The average Bonchev–Trinajstić information content (AvgIpc) is 2.86. The lowest BCUT2D eigenvalue weighted by molar-refractivity contribution is 0.0665. The van der Waals surface area contributed by atoms with E-state index in [1.165, 1.54) is 0 Å². The molecular formula is C13H16IN3O2. The summed E-state index contributed by atoms with van der Waals surface area (Å²) in [5, 5.41) is 3.90. The van der Waals surface area contributed by atoms with Crippen LogP contribution in [0.3, 0.4) is 0 Å². The number of ether oxygens (including phenoxy) is 1. The Morgan fingerprint density at radius 1 is 1.32 bits per heavy atom. The van der Waals surface area contributed by atoms with E-state index in [-0.39, 0.29) is 12.1 Å². The maximum atomic E-state index is 5.95. The van der Waals surface area contributed by atoms with Crippen LogP contribution in [0.15, 0.2) is 28.8 Å². The topological polar surface area (TPSA) is 74.2 Å². The van der Waals surface area contributed by atoms with Gasteiger partial charge in [0.15, 0.2) is 5.82 Å². The molecule has 1 atom stereocenters. The Morgan fingerprint density at radius 2 is 2.00 bits per heavy atom. The number of nitrogens with zero attached hydrogens (tertiary/aromatic N) is 2. The van der Waals surface area contributed by atoms with Crippen molar-refractivity contribution in [3.05, 3.63) is 33.7 Å². The summed E-state index contributed by atoms with van der Waals surface area (Å²) in [6.45, 7) is 4.29. The van der Waals surface area contributed by atoms with Gasteiger partial charge in [-0.05, 0) is 60.7 Å². The Bertz CT molecular complexity index is 525. The van der Waals surface area contributed by atoms with Gasteiger partial charge in [0.05, 0.1) is 18.8 Å². The van der Waals surface area contributed by atoms with Crippen LogP contribution in [0, 0.1) is 3.57 Å². The summed E-state index contributed by atoms with van der Waals surface area (Å²) in [5.74, 6) is 0.945. The van der Waals surface area contributed by atoms with Crippen LogP contribution in [-0.2, 0) is 4.74 Å². The minimum Gasteiger partial charge on any atom is -0.377 e. The van der Waals surface area contributed by atoms with Crippen molar-refractivity contribution >= 4 is 22.6 Å². The molecule has 102 valence electrons. The van der Waals surface area contributed by atoms with Gasteiger partial charge in [-0.15, -0.1) is 0 Å². The lowest BCUT2D eigenvalue weighted by atomic mass is 10.2. The van der Waals surface area contributed by atoms with E-state index in [4.69, 9.17) is 15.0 Å². The van der Waals surface area contributed by atoms with Crippen molar-refractivity contribution in [1.82, 2.24) is 10.1 Å². The molecule has 0 radical (unpaired) electrons. The van der Waals surface area contributed by atoms with Gasteiger partial charge in [0.1, 0.15) is 0 Å². The number of aromatic nitrogens is 2. The lowest BCUT2D eigenvalue weighted by Gasteiger charge is -2.10. The van der Waals surface area contributed by atoms with Crippen LogP contribution in [0.5, 0.6) is 0 Å². The summed E-state index contributed by atoms with van der Waals surface area (Å²) in [4.78, 5) is 4.30. The van der Waals surface area contributed by atoms with E-state index < -0.39 is 0 Å². The van der Waals surface area contributed by atoms with Crippen molar-refractivity contribution in [2.75, 3.05) is 6.61 Å². The van der Waals surface area contributed by atoms with Crippen LogP contribution in [0.25, 0.3) is 11.5 Å². The number of hydrogen-bond donors (Lipinski definition) is 1. The first-order valence-corrected chi connectivity index (χ1v) is 7.11. The molecule has 0 aliphatic heterocycles. The summed E-state index contributed by atoms with van der Waals surface area (Å²) in [6, 6.07) is 7.48. The van der Waals surface area contributed by atoms with Gasteiger partial charge in [-0.25, -0.2) is 0 Å². The van der Waals surface area contributed by atoms with Gasteiger partial charge >= 0.3 is 0 Å². The smallest absolute Gasteiger partial charge is 0.257 e. The molecule has 1 heterocycles. The van der Waals surface area contributed by atoms with Crippen molar-refractivity contribution in [2.45, 2.75) is 26.0 Å². The zero-order valence-corrected chi connectivity index (χ0v) is 13.0. The minimum atomic E-state index is -0.372. The summed E-state index contributed by atoms with van der Waals surface area (Å²) in [6.07, 6.45) is 0.133. The second-order valence-electron chi connectivity index (χ2n) is 4.45. The maximum Gasteiger partial charge on any atom is 0.257 e. The summed E-state index contributed by atoms with van der Waals surface area (Å²) < 4.78 is 11.8. The van der Waals surface area contributed by atoms with Crippen LogP contribution >= 0.6 is 22.6 Å². The molecule has 1 unspecified atom stereocenters. The predicted octanol–water partition coefficient (Wildman–Crippen LogP) is 2.77. The summed E-state index contributed by atoms with van der Waals surface area (Å²) in [5.41, 5.74) is 6.83. The fraction of sp³-hybridized carbons (Fsp3) is 0.385. The molecule has 2 rings (SSSR count). The minimum absolute atomic E-state index is 0.133. The second-order valence-corrected chi connectivity index (χ2v) is 5.70. The van der Waals surface area contributed by atoms with Crippen LogP contribution in [0.2, 0.25) is 0 Å². The molecule has 2 N–H and O–H groups in total. The summed E-state index contributed by atoms with van der Waals surface area (Å²) in [7, 11) is 0. The van der Waals surface area contributed by atoms with E-state index in [0.29, 0.717) is 18.3 Å². The van der Waals surface area contributed by atoms with E-state index in [1.807, 2.05) is 38.1 Å². The third-order valence-corrected chi connectivity index (χ3v) is 3.19. The molecule has 0 spiro atoms. The number of benzene rings is 1. The molecule has 2 aromatic rings. The standard InChI is InChI=1S/C13H16IN3O2/c1-8(2)18-7-11(15)12-16-13(19-17-12)9-3-5-10(14)6-4-9/h3-6,8,11H,7,15H2,1-2H3. The van der Waals surface area contributed by atoms with Crippen LogP contribution in [0.1, 0.15) is 25.7 Å². The highest BCUT2D eigenvalue weighted by Gasteiger charge is 2.16. The van der Waals surface area contributed by atoms with Gasteiger partial charge in [-0.3, -0.25) is 0 Å². The number of nitrogens with two attached hydrogens (primary N) is 1. The van der Waals surface area contributed by atoms with E-state index in [9.17, 15) is 0 Å². The zero-order chi connectivity index (χ0) is 13.8.